The highest BCUT2D eigenvalue weighted by atomic mass is 19.1. The molecule has 0 radical (unpaired) electrons. The fraction of sp³-hybridized carbons (Fsp3) is 0.333. The Kier molecular flexibility index (Phi) is 3.89. The number of aromatic nitrogens is 2. The third-order valence-electron chi connectivity index (χ3n) is 3.82. The van der Waals surface area contributed by atoms with E-state index in [1.54, 1.807) is 4.90 Å². The lowest BCUT2D eigenvalue weighted by atomic mass is 10.2. The van der Waals surface area contributed by atoms with Crippen molar-refractivity contribution in [2.45, 2.75) is 18.9 Å². The summed E-state index contributed by atoms with van der Waals surface area (Å²) in [6.45, 7) is 0.444. The molecule has 1 fully saturated rings. The van der Waals surface area contributed by atoms with Crippen LogP contribution in [0.25, 0.3) is 5.69 Å². The molecule has 116 valence electrons. The minimum Gasteiger partial charge on any atom is -0.394 e. The van der Waals surface area contributed by atoms with Crippen molar-refractivity contribution in [3.63, 3.8) is 0 Å². The van der Waals surface area contributed by atoms with Crippen LogP contribution < -0.4 is 0 Å². The highest BCUT2D eigenvalue weighted by Gasteiger charge is 2.30. The number of carbonyl (C=O) groups is 1. The normalized spacial score (nSPS) is 18.0. The zero-order valence-corrected chi connectivity index (χ0v) is 11.7. The molecule has 1 aromatic heterocycles. The molecule has 2 heterocycles. The van der Waals surface area contributed by atoms with Gasteiger partial charge in [0.1, 0.15) is 5.69 Å². The van der Waals surface area contributed by atoms with E-state index in [9.17, 15) is 18.7 Å². The second-order valence-electron chi connectivity index (χ2n) is 5.19. The molecular weight excluding hydrogens is 292 g/mol. The maximum Gasteiger partial charge on any atom is 0.274 e. The summed E-state index contributed by atoms with van der Waals surface area (Å²) in [5.74, 6) is -1.85. The van der Waals surface area contributed by atoms with Crippen LogP contribution in [0, 0.1) is 11.6 Å². The number of benzene rings is 1. The molecule has 5 nitrogen and oxygen atoms in total. The molecule has 1 aromatic carbocycles. The number of carbonyl (C=O) groups excluding carboxylic acids is 1. The third kappa shape index (κ3) is 2.48. The lowest BCUT2D eigenvalue weighted by Crippen LogP contribution is -2.37. The van der Waals surface area contributed by atoms with Crippen molar-refractivity contribution in [1.29, 1.82) is 0 Å². The van der Waals surface area contributed by atoms with Gasteiger partial charge in [0.15, 0.2) is 17.3 Å². The van der Waals surface area contributed by atoms with Gasteiger partial charge in [-0.05, 0) is 31.0 Å². The topological polar surface area (TPSA) is 58.4 Å². The van der Waals surface area contributed by atoms with Crippen LogP contribution in [0.2, 0.25) is 0 Å². The second kappa shape index (κ2) is 5.84. The van der Waals surface area contributed by atoms with Crippen LogP contribution in [0.1, 0.15) is 23.3 Å². The second-order valence-corrected chi connectivity index (χ2v) is 5.19. The van der Waals surface area contributed by atoms with Crippen molar-refractivity contribution < 1.29 is 18.7 Å². The largest absolute Gasteiger partial charge is 0.394 e. The van der Waals surface area contributed by atoms with Crippen LogP contribution in [0.5, 0.6) is 0 Å². The van der Waals surface area contributed by atoms with E-state index in [-0.39, 0.29) is 29.9 Å². The van der Waals surface area contributed by atoms with E-state index in [1.807, 2.05) is 0 Å². The molecule has 1 aliphatic rings. The molecule has 1 atom stereocenters. The Morgan fingerprint density at radius 2 is 2.05 bits per heavy atom. The summed E-state index contributed by atoms with van der Waals surface area (Å²) in [7, 11) is 0. The van der Waals surface area contributed by atoms with E-state index >= 15 is 0 Å². The molecule has 1 saturated heterocycles. The smallest absolute Gasteiger partial charge is 0.274 e. The molecule has 0 unspecified atom stereocenters. The lowest BCUT2D eigenvalue weighted by Gasteiger charge is -2.21. The molecule has 0 bridgehead atoms. The number of aliphatic hydroxyl groups excluding tert-OH is 1. The first kappa shape index (κ1) is 14.6. The SMILES string of the molecule is O=C(c1ccn(-c2c(F)cccc2F)n1)N1CCC[C@@H]1CO. The van der Waals surface area contributed by atoms with Crippen molar-refractivity contribution in [1.82, 2.24) is 14.7 Å². The van der Waals surface area contributed by atoms with E-state index in [1.165, 1.54) is 18.3 Å². The van der Waals surface area contributed by atoms with E-state index in [4.69, 9.17) is 0 Å². The first-order chi connectivity index (χ1) is 10.6. The van der Waals surface area contributed by atoms with E-state index in [0.717, 1.165) is 29.7 Å². The molecule has 22 heavy (non-hydrogen) atoms. The Bertz CT molecular complexity index is 682. The van der Waals surface area contributed by atoms with Gasteiger partial charge in [0, 0.05) is 12.7 Å². The highest BCUT2D eigenvalue weighted by Crippen LogP contribution is 2.21. The summed E-state index contributed by atoms with van der Waals surface area (Å²) in [6.07, 6.45) is 2.91. The molecule has 1 aliphatic heterocycles. The molecule has 0 saturated carbocycles. The Morgan fingerprint density at radius 3 is 2.73 bits per heavy atom. The van der Waals surface area contributed by atoms with Gasteiger partial charge in [-0.15, -0.1) is 0 Å². The number of halogens is 2. The number of nitrogens with zero attached hydrogens (tertiary/aromatic N) is 3. The number of rotatable bonds is 3. The standard InChI is InChI=1S/C15H15F2N3O2/c16-11-4-1-5-12(17)14(11)20-8-6-13(18-20)15(22)19-7-2-3-10(19)9-21/h1,4-6,8,10,21H,2-3,7,9H2/t10-/m1/s1. The molecule has 7 heteroatoms. The molecule has 1 amide bonds. The number of hydrogen-bond donors (Lipinski definition) is 1. The summed E-state index contributed by atoms with van der Waals surface area (Å²) < 4.78 is 28.5. The van der Waals surface area contributed by atoms with Gasteiger partial charge in [-0.1, -0.05) is 6.07 Å². The maximum atomic E-state index is 13.7. The monoisotopic (exact) mass is 307 g/mol. The highest BCUT2D eigenvalue weighted by molar-refractivity contribution is 5.92. The predicted octanol–water partition coefficient (Wildman–Crippen LogP) is 1.75. The van der Waals surface area contributed by atoms with Crippen LogP contribution in [0.3, 0.4) is 0 Å². The van der Waals surface area contributed by atoms with Gasteiger partial charge in [-0.3, -0.25) is 4.79 Å². The fourth-order valence-electron chi connectivity index (χ4n) is 2.71. The van der Waals surface area contributed by atoms with Crippen LogP contribution >= 0.6 is 0 Å². The zero-order valence-electron chi connectivity index (χ0n) is 11.7. The van der Waals surface area contributed by atoms with Gasteiger partial charge in [0.25, 0.3) is 5.91 Å². The first-order valence-corrected chi connectivity index (χ1v) is 7.03. The fourth-order valence-corrected chi connectivity index (χ4v) is 2.71. The van der Waals surface area contributed by atoms with E-state index in [2.05, 4.69) is 5.10 Å². The molecule has 3 rings (SSSR count). The average molecular weight is 307 g/mol. The van der Waals surface area contributed by atoms with Gasteiger partial charge in [-0.2, -0.15) is 5.10 Å². The molecule has 0 spiro atoms. The van der Waals surface area contributed by atoms with Gasteiger partial charge in [0.05, 0.1) is 12.6 Å². The molecule has 0 aliphatic carbocycles. The third-order valence-corrected chi connectivity index (χ3v) is 3.82. The van der Waals surface area contributed by atoms with Gasteiger partial charge >= 0.3 is 0 Å². The van der Waals surface area contributed by atoms with Crippen LogP contribution in [-0.2, 0) is 0 Å². The van der Waals surface area contributed by atoms with Crippen molar-refractivity contribution >= 4 is 5.91 Å². The Labute approximate surface area is 125 Å². The van der Waals surface area contributed by atoms with E-state index < -0.39 is 11.6 Å². The molecule has 2 aromatic rings. The molecule has 1 N–H and O–H groups in total. The minimum atomic E-state index is -0.753. The van der Waals surface area contributed by atoms with Crippen molar-refractivity contribution in [2.75, 3.05) is 13.2 Å². The Morgan fingerprint density at radius 1 is 1.32 bits per heavy atom. The Hall–Kier alpha value is -2.28. The number of aliphatic hydroxyl groups is 1. The van der Waals surface area contributed by atoms with Crippen LogP contribution in [0.15, 0.2) is 30.5 Å². The van der Waals surface area contributed by atoms with Crippen LogP contribution in [0.4, 0.5) is 8.78 Å². The van der Waals surface area contributed by atoms with E-state index in [0.29, 0.717) is 6.54 Å². The van der Waals surface area contributed by atoms with Gasteiger partial charge in [-0.25, -0.2) is 13.5 Å². The molecular formula is C15H15F2N3O2. The summed E-state index contributed by atoms with van der Waals surface area (Å²) in [5, 5.41) is 13.2. The zero-order chi connectivity index (χ0) is 15.7. The van der Waals surface area contributed by atoms with Gasteiger partial charge in [0.2, 0.25) is 0 Å². The van der Waals surface area contributed by atoms with Crippen molar-refractivity contribution in [3.05, 3.63) is 47.8 Å². The van der Waals surface area contributed by atoms with Gasteiger partial charge < -0.3 is 10.0 Å². The lowest BCUT2D eigenvalue weighted by molar-refractivity contribution is 0.0671. The number of hydrogen-bond acceptors (Lipinski definition) is 3. The number of amides is 1. The minimum absolute atomic E-state index is 0.100. The maximum absolute atomic E-state index is 13.7. The summed E-state index contributed by atoms with van der Waals surface area (Å²) in [5.41, 5.74) is -0.218. The number of para-hydroxylation sites is 1. The summed E-state index contributed by atoms with van der Waals surface area (Å²) in [4.78, 5) is 13.9. The summed E-state index contributed by atoms with van der Waals surface area (Å²) in [6, 6.07) is 4.72. The van der Waals surface area contributed by atoms with Crippen molar-refractivity contribution in [2.24, 2.45) is 0 Å². The van der Waals surface area contributed by atoms with Crippen LogP contribution in [-0.4, -0.2) is 44.9 Å². The predicted molar refractivity (Wildman–Crippen MR) is 74.6 cm³/mol. The number of likely N-dealkylation sites (tertiary alicyclic amines) is 1. The van der Waals surface area contributed by atoms with Crippen molar-refractivity contribution in [3.8, 4) is 5.69 Å². The Balaban J connectivity index is 1.89. The quantitative estimate of drug-likeness (QED) is 0.940. The average Bonchev–Trinajstić information content (AvgIpc) is 3.15. The summed E-state index contributed by atoms with van der Waals surface area (Å²) >= 11 is 0. The first-order valence-electron chi connectivity index (χ1n) is 7.03.